The first-order chi connectivity index (χ1) is 6.16. The summed E-state index contributed by atoms with van der Waals surface area (Å²) in [7, 11) is 0. The number of aryl methyl sites for hydroxylation is 1. The van der Waals surface area contributed by atoms with Crippen LogP contribution >= 0.6 is 0 Å². The maximum Gasteiger partial charge on any atom is 0.179 e. The Morgan fingerprint density at radius 1 is 1.54 bits per heavy atom. The Kier molecular flexibility index (Phi) is 1.65. The fourth-order valence-electron chi connectivity index (χ4n) is 1.25. The van der Waals surface area contributed by atoms with Crippen molar-refractivity contribution >= 4 is 11.4 Å². The number of Topliss-reactive ketones (excluding diaryl/α,β-unsaturated/α-hetero) is 1. The van der Waals surface area contributed by atoms with Crippen LogP contribution in [0.2, 0.25) is 0 Å². The fourth-order valence-corrected chi connectivity index (χ4v) is 1.25. The smallest absolute Gasteiger partial charge is 0.179 e. The predicted molar refractivity (Wildman–Crippen MR) is 49.9 cm³/mol. The molecule has 66 valence electrons. The van der Waals surface area contributed by atoms with Crippen LogP contribution < -0.4 is 0 Å². The van der Waals surface area contributed by atoms with Crippen molar-refractivity contribution < 1.29 is 4.79 Å². The van der Waals surface area contributed by atoms with Crippen LogP contribution in [0.3, 0.4) is 0 Å². The Morgan fingerprint density at radius 2 is 2.31 bits per heavy atom. The molecule has 0 aromatic carbocycles. The Labute approximate surface area is 76.0 Å². The lowest BCUT2D eigenvalue weighted by Crippen LogP contribution is -1.89. The van der Waals surface area contributed by atoms with Crippen molar-refractivity contribution in [2.75, 3.05) is 0 Å². The molecule has 0 atom stereocenters. The molecule has 2 aromatic rings. The summed E-state index contributed by atoms with van der Waals surface area (Å²) < 4.78 is 1.85. The van der Waals surface area contributed by atoms with Gasteiger partial charge in [0, 0.05) is 19.3 Å². The summed E-state index contributed by atoms with van der Waals surface area (Å²) in [6.07, 6.45) is 3.65. The average molecular weight is 174 g/mol. The van der Waals surface area contributed by atoms with Crippen molar-refractivity contribution in [3.8, 4) is 0 Å². The molecule has 0 fully saturated rings. The third kappa shape index (κ3) is 1.33. The summed E-state index contributed by atoms with van der Waals surface area (Å²) in [4.78, 5) is 15.2. The molecule has 2 heterocycles. The van der Waals surface area contributed by atoms with Gasteiger partial charge in [0.1, 0.15) is 11.3 Å². The van der Waals surface area contributed by atoms with E-state index in [4.69, 9.17) is 0 Å². The SMILES string of the molecule is CC(=O)c1cn2ccc(C)cc2n1. The van der Waals surface area contributed by atoms with Crippen LogP contribution in [0.1, 0.15) is 23.0 Å². The summed E-state index contributed by atoms with van der Waals surface area (Å²) in [5.41, 5.74) is 2.49. The van der Waals surface area contributed by atoms with Crippen molar-refractivity contribution in [2.24, 2.45) is 0 Å². The van der Waals surface area contributed by atoms with Crippen molar-refractivity contribution in [3.05, 3.63) is 35.8 Å². The molecule has 0 spiro atoms. The quantitative estimate of drug-likeness (QED) is 0.618. The number of fused-ring (bicyclic) bond motifs is 1. The van der Waals surface area contributed by atoms with Gasteiger partial charge in [0.05, 0.1) is 0 Å². The fraction of sp³-hybridized carbons (Fsp3) is 0.200. The lowest BCUT2D eigenvalue weighted by atomic mass is 10.3. The van der Waals surface area contributed by atoms with Crippen molar-refractivity contribution in [2.45, 2.75) is 13.8 Å². The lowest BCUT2D eigenvalue weighted by molar-refractivity contribution is 0.101. The minimum Gasteiger partial charge on any atom is -0.306 e. The van der Waals surface area contributed by atoms with E-state index in [1.54, 1.807) is 6.20 Å². The van der Waals surface area contributed by atoms with Gasteiger partial charge < -0.3 is 4.40 Å². The van der Waals surface area contributed by atoms with E-state index >= 15 is 0 Å². The van der Waals surface area contributed by atoms with E-state index in [2.05, 4.69) is 4.98 Å². The number of aromatic nitrogens is 2. The van der Waals surface area contributed by atoms with Crippen LogP contribution in [-0.4, -0.2) is 15.2 Å². The standard InChI is InChI=1S/C10H10N2O/c1-7-3-4-12-6-9(8(2)13)11-10(12)5-7/h3-6H,1-2H3. The minimum absolute atomic E-state index is 0.00125. The minimum atomic E-state index is 0.00125. The first kappa shape index (κ1) is 7.98. The summed E-state index contributed by atoms with van der Waals surface area (Å²) in [5.74, 6) is 0.00125. The van der Waals surface area contributed by atoms with Gasteiger partial charge in [-0.3, -0.25) is 4.79 Å². The zero-order chi connectivity index (χ0) is 9.42. The summed E-state index contributed by atoms with van der Waals surface area (Å²) in [6, 6.07) is 3.94. The predicted octanol–water partition coefficient (Wildman–Crippen LogP) is 1.85. The number of ketones is 1. The van der Waals surface area contributed by atoms with Crippen molar-refractivity contribution in [1.82, 2.24) is 9.38 Å². The van der Waals surface area contributed by atoms with Gasteiger partial charge in [0.2, 0.25) is 0 Å². The highest BCUT2D eigenvalue weighted by Gasteiger charge is 2.04. The van der Waals surface area contributed by atoms with Gasteiger partial charge in [-0.1, -0.05) is 0 Å². The normalized spacial score (nSPS) is 10.6. The van der Waals surface area contributed by atoms with E-state index in [-0.39, 0.29) is 5.78 Å². The van der Waals surface area contributed by atoms with Crippen molar-refractivity contribution in [3.63, 3.8) is 0 Å². The van der Waals surface area contributed by atoms with Crippen molar-refractivity contribution in [1.29, 1.82) is 0 Å². The number of imidazole rings is 1. The van der Waals surface area contributed by atoms with Crippen LogP contribution in [0.4, 0.5) is 0 Å². The molecule has 13 heavy (non-hydrogen) atoms. The van der Waals surface area contributed by atoms with Crippen LogP contribution in [0.15, 0.2) is 24.5 Å². The van der Waals surface area contributed by atoms with Crippen LogP contribution in [0.25, 0.3) is 5.65 Å². The molecular formula is C10H10N2O. The highest BCUT2D eigenvalue weighted by molar-refractivity contribution is 5.92. The van der Waals surface area contributed by atoms with Gasteiger partial charge in [-0.2, -0.15) is 0 Å². The Bertz CT molecular complexity index is 471. The van der Waals surface area contributed by atoms with Gasteiger partial charge in [-0.05, 0) is 24.6 Å². The molecule has 0 saturated heterocycles. The molecule has 3 nitrogen and oxygen atoms in total. The first-order valence-electron chi connectivity index (χ1n) is 4.13. The molecule has 3 heteroatoms. The van der Waals surface area contributed by atoms with E-state index in [0.29, 0.717) is 5.69 Å². The number of hydrogen-bond donors (Lipinski definition) is 0. The average Bonchev–Trinajstić information content (AvgIpc) is 2.46. The maximum atomic E-state index is 11.0. The van der Waals surface area contributed by atoms with Crippen LogP contribution in [0.5, 0.6) is 0 Å². The Hall–Kier alpha value is -1.64. The van der Waals surface area contributed by atoms with Gasteiger partial charge >= 0.3 is 0 Å². The molecule has 0 aliphatic carbocycles. The van der Waals surface area contributed by atoms with Crippen LogP contribution in [-0.2, 0) is 0 Å². The number of carbonyl (C=O) groups is 1. The highest BCUT2D eigenvalue weighted by atomic mass is 16.1. The molecule has 0 unspecified atom stereocenters. The Morgan fingerprint density at radius 3 is 3.00 bits per heavy atom. The molecule has 0 saturated carbocycles. The molecular weight excluding hydrogens is 164 g/mol. The monoisotopic (exact) mass is 174 g/mol. The highest BCUT2D eigenvalue weighted by Crippen LogP contribution is 2.07. The second kappa shape index (κ2) is 2.69. The third-order valence-corrected chi connectivity index (χ3v) is 1.98. The summed E-state index contributed by atoms with van der Waals surface area (Å²) >= 11 is 0. The molecule has 0 bridgehead atoms. The van der Waals surface area contributed by atoms with Gasteiger partial charge in [-0.15, -0.1) is 0 Å². The summed E-state index contributed by atoms with van der Waals surface area (Å²) in [5, 5.41) is 0. The number of pyridine rings is 1. The second-order valence-electron chi connectivity index (χ2n) is 3.15. The molecule has 2 aromatic heterocycles. The van der Waals surface area contributed by atoms with E-state index in [1.807, 2.05) is 29.7 Å². The van der Waals surface area contributed by atoms with Gasteiger partial charge in [-0.25, -0.2) is 4.98 Å². The maximum absolute atomic E-state index is 11.0. The zero-order valence-corrected chi connectivity index (χ0v) is 7.61. The van der Waals surface area contributed by atoms with E-state index in [0.717, 1.165) is 11.2 Å². The van der Waals surface area contributed by atoms with E-state index in [9.17, 15) is 4.79 Å². The summed E-state index contributed by atoms with van der Waals surface area (Å²) in [6.45, 7) is 3.52. The lowest BCUT2D eigenvalue weighted by Gasteiger charge is -1.92. The molecule has 0 N–H and O–H groups in total. The number of rotatable bonds is 1. The third-order valence-electron chi connectivity index (χ3n) is 1.98. The van der Waals surface area contributed by atoms with Gasteiger partial charge in [0.15, 0.2) is 5.78 Å². The van der Waals surface area contributed by atoms with Gasteiger partial charge in [0.25, 0.3) is 0 Å². The Balaban J connectivity index is 2.68. The first-order valence-corrected chi connectivity index (χ1v) is 4.13. The molecule has 0 amide bonds. The van der Waals surface area contributed by atoms with E-state index < -0.39 is 0 Å². The number of nitrogens with zero attached hydrogens (tertiary/aromatic N) is 2. The molecule has 0 aliphatic rings. The second-order valence-corrected chi connectivity index (χ2v) is 3.15. The zero-order valence-electron chi connectivity index (χ0n) is 7.61. The van der Waals surface area contributed by atoms with Crippen LogP contribution in [0, 0.1) is 6.92 Å². The number of hydrogen-bond acceptors (Lipinski definition) is 2. The molecule has 2 rings (SSSR count). The molecule has 0 aliphatic heterocycles. The largest absolute Gasteiger partial charge is 0.306 e. The molecule has 0 radical (unpaired) electrons. The number of carbonyl (C=O) groups excluding carboxylic acids is 1. The van der Waals surface area contributed by atoms with E-state index in [1.165, 1.54) is 6.92 Å². The topological polar surface area (TPSA) is 34.4 Å².